The number of aryl methyl sites for hydroxylation is 1. The second-order valence-electron chi connectivity index (χ2n) is 14.3. The van der Waals surface area contributed by atoms with Gasteiger partial charge in [0.15, 0.2) is 0 Å². The summed E-state index contributed by atoms with van der Waals surface area (Å²) in [6.45, 7) is 5.12. The molecule has 2 aromatic carbocycles. The van der Waals surface area contributed by atoms with Crippen molar-refractivity contribution in [2.75, 3.05) is 24.6 Å². The first-order chi connectivity index (χ1) is 22.8. The number of hydrogen-bond donors (Lipinski definition) is 2. The minimum absolute atomic E-state index is 0.0896. The standard InChI is InChI=1S/C36H42Cl2N4O5S/c1-22-6-4-15-36(44,32-18-39-34(38)41(32)3)29-11-8-26(29)19-42-20-35(14-5-7-24-16-27(37)10-12-28(24)35)21-47-31-13-9-25(17-30(31)42)33(43)40-48(45,46)23(22)2/h4,9-10,12-13,15-18,22-23,26,29,44H,5-8,11,14,19-21H2,1-3H3,(H,40,43)/b15-4+/t22-,23+,26-,29+,35-,36+/m0/s1. The van der Waals surface area contributed by atoms with Crippen molar-refractivity contribution in [2.24, 2.45) is 24.8 Å². The van der Waals surface area contributed by atoms with Gasteiger partial charge in [0.1, 0.15) is 11.4 Å². The normalized spacial score (nSPS) is 32.2. The van der Waals surface area contributed by atoms with Crippen LogP contribution in [0.4, 0.5) is 5.69 Å². The molecule has 12 heteroatoms. The van der Waals surface area contributed by atoms with Gasteiger partial charge in [0.2, 0.25) is 15.3 Å². The smallest absolute Gasteiger partial charge is 0.264 e. The van der Waals surface area contributed by atoms with E-state index in [1.165, 1.54) is 11.1 Å². The minimum Gasteiger partial charge on any atom is -0.490 e. The van der Waals surface area contributed by atoms with Gasteiger partial charge in [-0.1, -0.05) is 36.7 Å². The molecule has 48 heavy (non-hydrogen) atoms. The number of rotatable bonds is 1. The van der Waals surface area contributed by atoms with E-state index >= 15 is 0 Å². The summed E-state index contributed by atoms with van der Waals surface area (Å²) >= 11 is 12.8. The lowest BCUT2D eigenvalue weighted by Crippen LogP contribution is -2.52. The number of carbonyl (C=O) groups is 1. The first-order valence-electron chi connectivity index (χ1n) is 16.8. The summed E-state index contributed by atoms with van der Waals surface area (Å²) in [4.78, 5) is 20.1. The van der Waals surface area contributed by atoms with E-state index in [0.717, 1.165) is 37.8 Å². The summed E-state index contributed by atoms with van der Waals surface area (Å²) < 4.78 is 37.5. The van der Waals surface area contributed by atoms with E-state index in [-0.39, 0.29) is 34.0 Å². The molecule has 9 nitrogen and oxygen atoms in total. The molecule has 2 N–H and O–H groups in total. The molecule has 1 amide bonds. The monoisotopic (exact) mass is 712 g/mol. The number of aliphatic hydroxyl groups is 1. The molecule has 4 aliphatic rings. The molecule has 2 bridgehead atoms. The van der Waals surface area contributed by atoms with Crippen molar-refractivity contribution < 1.29 is 23.1 Å². The predicted molar refractivity (Wildman–Crippen MR) is 187 cm³/mol. The third-order valence-electron chi connectivity index (χ3n) is 11.5. The molecule has 6 atom stereocenters. The van der Waals surface area contributed by atoms with Crippen LogP contribution in [0.15, 0.2) is 54.7 Å². The van der Waals surface area contributed by atoms with Crippen molar-refractivity contribution in [1.82, 2.24) is 14.3 Å². The lowest BCUT2D eigenvalue weighted by Gasteiger charge is -2.49. The van der Waals surface area contributed by atoms with E-state index < -0.39 is 26.8 Å². The molecule has 0 unspecified atom stereocenters. The molecule has 7 rings (SSSR count). The summed E-state index contributed by atoms with van der Waals surface area (Å²) in [5.41, 5.74) is 2.30. The largest absolute Gasteiger partial charge is 0.490 e. The Bertz CT molecular complexity index is 1900. The zero-order chi connectivity index (χ0) is 34.0. The number of nitrogens with zero attached hydrogens (tertiary/aromatic N) is 3. The molecule has 256 valence electrons. The molecule has 0 saturated heterocycles. The molecular formula is C36H42Cl2N4O5S. The van der Waals surface area contributed by atoms with Crippen molar-refractivity contribution >= 4 is 44.8 Å². The lowest BCUT2D eigenvalue weighted by molar-refractivity contribution is -0.0546. The number of aromatic nitrogens is 2. The van der Waals surface area contributed by atoms with E-state index in [1.807, 2.05) is 19.1 Å². The highest BCUT2D eigenvalue weighted by atomic mass is 35.5. The molecule has 2 aliphatic heterocycles. The molecule has 1 saturated carbocycles. The second kappa shape index (κ2) is 12.4. The topological polar surface area (TPSA) is 114 Å². The van der Waals surface area contributed by atoms with Crippen molar-refractivity contribution in [3.8, 4) is 5.75 Å². The van der Waals surface area contributed by atoms with Crippen molar-refractivity contribution in [3.63, 3.8) is 0 Å². The lowest BCUT2D eigenvalue weighted by atomic mass is 9.63. The fourth-order valence-electron chi connectivity index (χ4n) is 8.30. The number of imidazole rings is 1. The summed E-state index contributed by atoms with van der Waals surface area (Å²) in [5.74, 6) is -0.430. The van der Waals surface area contributed by atoms with E-state index in [9.17, 15) is 18.3 Å². The third kappa shape index (κ3) is 5.72. The van der Waals surface area contributed by atoms with Crippen LogP contribution >= 0.6 is 23.2 Å². The maximum Gasteiger partial charge on any atom is 0.264 e. The third-order valence-corrected chi connectivity index (χ3v) is 14.0. The van der Waals surface area contributed by atoms with Gasteiger partial charge in [0.25, 0.3) is 5.91 Å². The fraction of sp³-hybridized carbons (Fsp3) is 0.500. The van der Waals surface area contributed by atoms with Gasteiger partial charge in [-0.15, -0.1) is 0 Å². The average Bonchev–Trinajstić information content (AvgIpc) is 3.29. The number of hydrogen-bond acceptors (Lipinski definition) is 7. The van der Waals surface area contributed by atoms with Crippen LogP contribution in [0.25, 0.3) is 0 Å². The van der Waals surface area contributed by atoms with E-state index in [0.29, 0.717) is 42.6 Å². The van der Waals surface area contributed by atoms with Gasteiger partial charge >= 0.3 is 0 Å². The van der Waals surface area contributed by atoms with Crippen LogP contribution in [0.5, 0.6) is 5.75 Å². The zero-order valence-corrected chi connectivity index (χ0v) is 29.8. The number of amides is 1. The number of anilines is 1. The first kappa shape index (κ1) is 33.4. The van der Waals surface area contributed by atoms with E-state index in [1.54, 1.807) is 49.0 Å². The summed E-state index contributed by atoms with van der Waals surface area (Å²) in [6.07, 6.45) is 10.2. The quantitative estimate of drug-likeness (QED) is 0.291. The number of fused-ring (bicyclic) bond motifs is 4. The number of allylic oxidation sites excluding steroid dienone is 1. The van der Waals surface area contributed by atoms with Crippen LogP contribution in [0.2, 0.25) is 10.3 Å². The van der Waals surface area contributed by atoms with Gasteiger partial charge in [-0.25, -0.2) is 18.1 Å². The average molecular weight is 714 g/mol. The number of sulfonamides is 1. The molecular weight excluding hydrogens is 671 g/mol. The maximum atomic E-state index is 13.5. The highest BCUT2D eigenvalue weighted by Gasteiger charge is 2.50. The van der Waals surface area contributed by atoms with Crippen LogP contribution in [-0.4, -0.2) is 53.9 Å². The van der Waals surface area contributed by atoms with E-state index in [4.69, 9.17) is 27.9 Å². The van der Waals surface area contributed by atoms with Crippen LogP contribution < -0.4 is 14.4 Å². The van der Waals surface area contributed by atoms with Crippen molar-refractivity contribution in [3.05, 3.63) is 87.4 Å². The van der Waals surface area contributed by atoms with Crippen LogP contribution in [0, 0.1) is 17.8 Å². The number of nitrogens with one attached hydrogen (secondary N) is 1. The summed E-state index contributed by atoms with van der Waals surface area (Å²) in [6, 6.07) is 11.3. The first-order valence-corrected chi connectivity index (χ1v) is 19.1. The number of benzene rings is 2. The van der Waals surface area contributed by atoms with Gasteiger partial charge in [0, 0.05) is 42.1 Å². The van der Waals surface area contributed by atoms with Gasteiger partial charge in [-0.05, 0) is 110 Å². The minimum atomic E-state index is -4.01. The Morgan fingerprint density at radius 2 is 1.94 bits per heavy atom. The van der Waals surface area contributed by atoms with Gasteiger partial charge in [0.05, 0.1) is 29.4 Å². The Labute approximate surface area is 292 Å². The predicted octanol–water partition coefficient (Wildman–Crippen LogP) is 6.16. The molecule has 1 fully saturated rings. The van der Waals surface area contributed by atoms with Crippen LogP contribution in [0.1, 0.15) is 73.1 Å². The fourth-order valence-corrected chi connectivity index (χ4v) is 9.92. The maximum absolute atomic E-state index is 13.5. The Morgan fingerprint density at radius 3 is 2.67 bits per heavy atom. The Balaban J connectivity index is 1.36. The number of ether oxygens (including phenoxy) is 1. The second-order valence-corrected chi connectivity index (χ2v) is 17.1. The summed E-state index contributed by atoms with van der Waals surface area (Å²) in [7, 11) is -2.22. The Morgan fingerprint density at radius 1 is 1.12 bits per heavy atom. The Hall–Kier alpha value is -3.05. The van der Waals surface area contributed by atoms with Gasteiger partial charge < -0.3 is 19.3 Å². The van der Waals surface area contributed by atoms with Crippen molar-refractivity contribution in [1.29, 1.82) is 0 Å². The molecule has 1 spiro atoms. The van der Waals surface area contributed by atoms with Crippen molar-refractivity contribution in [2.45, 2.75) is 68.6 Å². The molecule has 2 aliphatic carbocycles. The number of halogens is 2. The SMILES string of the molecule is C[C@@H]1[C@@H](C)C/C=C/[C@](O)(c2cnc(Cl)n2C)[C@@H]2CC[C@H]2CN2C[C@@]3(CCCc4cc(Cl)ccc43)COc3ccc(cc32)C(=O)NS1(=O)=O. The van der Waals surface area contributed by atoms with Gasteiger partial charge in [-0.2, -0.15) is 0 Å². The zero-order valence-electron chi connectivity index (χ0n) is 27.5. The molecule has 0 radical (unpaired) electrons. The van der Waals surface area contributed by atoms with Crippen LogP contribution in [-0.2, 0) is 34.5 Å². The Kier molecular flexibility index (Phi) is 8.62. The molecule has 3 aromatic rings. The van der Waals surface area contributed by atoms with E-state index in [2.05, 4.69) is 26.7 Å². The highest BCUT2D eigenvalue weighted by molar-refractivity contribution is 7.90. The molecule has 3 heterocycles. The van der Waals surface area contributed by atoms with Crippen LogP contribution in [0.3, 0.4) is 0 Å². The highest BCUT2D eigenvalue weighted by Crippen LogP contribution is 2.51. The number of carbonyl (C=O) groups excluding carboxylic acids is 1. The van der Waals surface area contributed by atoms with Gasteiger partial charge in [-0.3, -0.25) is 4.79 Å². The summed E-state index contributed by atoms with van der Waals surface area (Å²) in [5, 5.41) is 12.7. The molecule has 1 aromatic heterocycles.